The van der Waals surface area contributed by atoms with E-state index >= 15 is 0 Å². The van der Waals surface area contributed by atoms with Crippen molar-refractivity contribution in [1.29, 1.82) is 0 Å². The van der Waals surface area contributed by atoms with Gasteiger partial charge in [0, 0.05) is 18.8 Å². The molecular formula is C18H24N4O2. The lowest BCUT2D eigenvalue weighted by Crippen LogP contribution is -2.29. The zero-order valence-corrected chi connectivity index (χ0v) is 14.3. The fraction of sp³-hybridized carbons (Fsp3) is 0.500. The summed E-state index contributed by atoms with van der Waals surface area (Å²) in [5, 5.41) is 2.86. The summed E-state index contributed by atoms with van der Waals surface area (Å²) >= 11 is 0. The van der Waals surface area contributed by atoms with Crippen molar-refractivity contribution in [1.82, 2.24) is 15.3 Å². The lowest BCUT2D eigenvalue weighted by atomic mass is 10.2. The summed E-state index contributed by atoms with van der Waals surface area (Å²) in [6.07, 6.45) is 4.80. The maximum absolute atomic E-state index is 12.4. The van der Waals surface area contributed by atoms with Crippen LogP contribution in [0.2, 0.25) is 0 Å². The normalized spacial score (nSPS) is 15.2. The molecule has 24 heavy (non-hydrogen) atoms. The summed E-state index contributed by atoms with van der Waals surface area (Å²) in [7, 11) is 0. The predicted octanol–water partition coefficient (Wildman–Crippen LogP) is 3.00. The van der Waals surface area contributed by atoms with Crippen LogP contribution in [-0.2, 0) is 6.54 Å². The fourth-order valence-corrected chi connectivity index (χ4v) is 2.92. The summed E-state index contributed by atoms with van der Waals surface area (Å²) in [4.78, 5) is 23.6. The Morgan fingerprint density at radius 3 is 2.58 bits per heavy atom. The standard InChI is InChI=1S/C18H24N4O2/c1-13-11-16(17(23)19-12-15-8-7-14(2)24-15)21-18(20-13)22-9-5-3-4-6-10-22/h7-8,11H,3-6,9-10,12H2,1-2H3,(H,19,23). The summed E-state index contributed by atoms with van der Waals surface area (Å²) < 4.78 is 5.47. The van der Waals surface area contributed by atoms with Gasteiger partial charge in [0.2, 0.25) is 5.95 Å². The van der Waals surface area contributed by atoms with E-state index < -0.39 is 0 Å². The molecule has 3 heterocycles. The van der Waals surface area contributed by atoms with E-state index in [1.807, 2.05) is 26.0 Å². The number of carbonyl (C=O) groups excluding carboxylic acids is 1. The number of nitrogens with zero attached hydrogens (tertiary/aromatic N) is 3. The Morgan fingerprint density at radius 2 is 1.92 bits per heavy atom. The zero-order valence-electron chi connectivity index (χ0n) is 14.3. The first-order valence-electron chi connectivity index (χ1n) is 8.56. The number of furan rings is 1. The summed E-state index contributed by atoms with van der Waals surface area (Å²) in [6.45, 7) is 6.05. The number of rotatable bonds is 4. The molecular weight excluding hydrogens is 304 g/mol. The van der Waals surface area contributed by atoms with Crippen molar-refractivity contribution in [3.63, 3.8) is 0 Å². The van der Waals surface area contributed by atoms with Gasteiger partial charge >= 0.3 is 0 Å². The highest BCUT2D eigenvalue weighted by molar-refractivity contribution is 5.92. The minimum Gasteiger partial charge on any atom is -0.465 e. The second-order valence-electron chi connectivity index (χ2n) is 6.29. The van der Waals surface area contributed by atoms with Gasteiger partial charge in [-0.2, -0.15) is 0 Å². The molecule has 1 saturated heterocycles. The highest BCUT2D eigenvalue weighted by Crippen LogP contribution is 2.17. The number of aryl methyl sites for hydroxylation is 2. The van der Waals surface area contributed by atoms with Crippen LogP contribution in [-0.4, -0.2) is 29.0 Å². The maximum atomic E-state index is 12.4. The highest BCUT2D eigenvalue weighted by Gasteiger charge is 2.16. The molecule has 0 aliphatic carbocycles. The lowest BCUT2D eigenvalue weighted by Gasteiger charge is -2.20. The Balaban J connectivity index is 1.71. The van der Waals surface area contributed by atoms with Crippen molar-refractivity contribution in [3.8, 4) is 0 Å². The Bertz CT molecular complexity index is 703. The van der Waals surface area contributed by atoms with Gasteiger partial charge in [-0.25, -0.2) is 9.97 Å². The third-order valence-electron chi connectivity index (χ3n) is 4.18. The van der Waals surface area contributed by atoms with Gasteiger partial charge in [-0.05, 0) is 44.9 Å². The van der Waals surface area contributed by atoms with Crippen molar-refractivity contribution < 1.29 is 9.21 Å². The van der Waals surface area contributed by atoms with E-state index in [0.29, 0.717) is 18.2 Å². The Morgan fingerprint density at radius 1 is 1.17 bits per heavy atom. The molecule has 6 nitrogen and oxygen atoms in total. The second kappa shape index (κ2) is 7.47. The third-order valence-corrected chi connectivity index (χ3v) is 4.18. The van der Waals surface area contributed by atoms with Crippen molar-refractivity contribution in [3.05, 3.63) is 41.1 Å². The maximum Gasteiger partial charge on any atom is 0.270 e. The molecule has 1 amide bonds. The van der Waals surface area contributed by atoms with E-state index in [1.165, 1.54) is 12.8 Å². The molecule has 2 aromatic rings. The van der Waals surface area contributed by atoms with E-state index in [-0.39, 0.29) is 5.91 Å². The number of anilines is 1. The largest absolute Gasteiger partial charge is 0.465 e. The average molecular weight is 328 g/mol. The van der Waals surface area contributed by atoms with Crippen molar-refractivity contribution in [2.45, 2.75) is 46.1 Å². The number of amides is 1. The topological polar surface area (TPSA) is 71.3 Å². The molecule has 0 spiro atoms. The highest BCUT2D eigenvalue weighted by atomic mass is 16.3. The molecule has 6 heteroatoms. The molecule has 1 aliphatic rings. The van der Waals surface area contributed by atoms with E-state index in [9.17, 15) is 4.79 Å². The minimum atomic E-state index is -0.203. The molecule has 0 radical (unpaired) electrons. The smallest absolute Gasteiger partial charge is 0.270 e. The molecule has 3 rings (SSSR count). The van der Waals surface area contributed by atoms with Crippen LogP contribution in [0, 0.1) is 13.8 Å². The number of hydrogen-bond donors (Lipinski definition) is 1. The Kier molecular flexibility index (Phi) is 5.13. The lowest BCUT2D eigenvalue weighted by molar-refractivity contribution is 0.0942. The average Bonchev–Trinajstić information content (AvgIpc) is 2.82. The van der Waals surface area contributed by atoms with E-state index in [1.54, 1.807) is 6.07 Å². The number of nitrogens with one attached hydrogen (secondary N) is 1. The van der Waals surface area contributed by atoms with E-state index in [4.69, 9.17) is 4.42 Å². The second-order valence-corrected chi connectivity index (χ2v) is 6.29. The van der Waals surface area contributed by atoms with Gasteiger partial charge < -0.3 is 14.6 Å². The van der Waals surface area contributed by atoms with Gasteiger partial charge in [0.25, 0.3) is 5.91 Å². The molecule has 0 unspecified atom stereocenters. The number of aromatic nitrogens is 2. The van der Waals surface area contributed by atoms with Crippen molar-refractivity contribution >= 4 is 11.9 Å². The van der Waals surface area contributed by atoms with Crippen LogP contribution in [0.4, 0.5) is 5.95 Å². The Hall–Kier alpha value is -2.37. The number of hydrogen-bond acceptors (Lipinski definition) is 5. The molecule has 1 fully saturated rings. The fourth-order valence-electron chi connectivity index (χ4n) is 2.92. The van der Waals surface area contributed by atoms with Gasteiger partial charge in [0.15, 0.2) is 0 Å². The van der Waals surface area contributed by atoms with Crippen LogP contribution in [0.3, 0.4) is 0 Å². The van der Waals surface area contributed by atoms with Gasteiger partial charge in [0.1, 0.15) is 17.2 Å². The first kappa shape index (κ1) is 16.5. The van der Waals surface area contributed by atoms with Gasteiger partial charge in [0.05, 0.1) is 6.54 Å². The molecule has 0 atom stereocenters. The molecule has 2 aromatic heterocycles. The first-order valence-corrected chi connectivity index (χ1v) is 8.56. The van der Waals surface area contributed by atoms with Crippen molar-refractivity contribution in [2.24, 2.45) is 0 Å². The van der Waals surface area contributed by atoms with Crippen LogP contribution in [0.5, 0.6) is 0 Å². The van der Waals surface area contributed by atoms with Gasteiger partial charge in [-0.3, -0.25) is 4.79 Å². The molecule has 1 aliphatic heterocycles. The summed E-state index contributed by atoms with van der Waals surface area (Å²) in [5.74, 6) is 2.03. The molecule has 0 saturated carbocycles. The zero-order chi connectivity index (χ0) is 16.9. The molecule has 1 N–H and O–H groups in total. The third kappa shape index (κ3) is 4.13. The van der Waals surface area contributed by atoms with Gasteiger partial charge in [-0.1, -0.05) is 12.8 Å². The summed E-state index contributed by atoms with van der Waals surface area (Å²) in [5.41, 5.74) is 1.22. The predicted molar refractivity (Wildman–Crippen MR) is 92.1 cm³/mol. The SMILES string of the molecule is Cc1cc(C(=O)NCc2ccc(C)o2)nc(N2CCCCCC2)n1. The van der Waals surface area contributed by atoms with Crippen molar-refractivity contribution in [2.75, 3.05) is 18.0 Å². The van der Waals surface area contributed by atoms with Crippen LogP contribution in [0.15, 0.2) is 22.6 Å². The van der Waals surface area contributed by atoms with Gasteiger partial charge in [-0.15, -0.1) is 0 Å². The molecule has 128 valence electrons. The minimum absolute atomic E-state index is 0.203. The van der Waals surface area contributed by atoms with Crippen LogP contribution in [0.25, 0.3) is 0 Å². The van der Waals surface area contributed by atoms with Crippen LogP contribution in [0.1, 0.15) is 53.4 Å². The quantitative estimate of drug-likeness (QED) is 0.934. The monoisotopic (exact) mass is 328 g/mol. The summed E-state index contributed by atoms with van der Waals surface area (Å²) in [6, 6.07) is 5.47. The van der Waals surface area contributed by atoms with Crippen LogP contribution < -0.4 is 10.2 Å². The van der Waals surface area contributed by atoms with E-state index in [0.717, 1.165) is 43.1 Å². The Labute approximate surface area is 142 Å². The van der Waals surface area contributed by atoms with E-state index in [2.05, 4.69) is 20.2 Å². The molecule has 0 aromatic carbocycles. The first-order chi connectivity index (χ1) is 11.6. The van der Waals surface area contributed by atoms with Crippen LogP contribution >= 0.6 is 0 Å². The molecule has 0 bridgehead atoms. The number of carbonyl (C=O) groups is 1.